The van der Waals surface area contributed by atoms with Gasteiger partial charge in [-0.15, -0.1) is 0 Å². The van der Waals surface area contributed by atoms with E-state index in [9.17, 15) is 9.90 Å². The smallest absolute Gasteiger partial charge is 0.251 e. The summed E-state index contributed by atoms with van der Waals surface area (Å²) < 4.78 is 0. The maximum atomic E-state index is 12.5. The molecule has 3 aromatic carbocycles. The molecule has 2 atom stereocenters. The Kier molecular flexibility index (Phi) is 6.96. The Morgan fingerprint density at radius 1 is 0.912 bits per heavy atom. The van der Waals surface area contributed by atoms with E-state index in [1.165, 1.54) is 24.0 Å². The molecule has 1 aliphatic heterocycles. The zero-order valence-corrected chi connectivity index (χ0v) is 19.7. The lowest BCUT2D eigenvalue weighted by atomic mass is 9.74. The van der Waals surface area contributed by atoms with Gasteiger partial charge in [-0.25, -0.2) is 0 Å². The number of nitrogens with one attached hydrogen (secondary N) is 1. The van der Waals surface area contributed by atoms with Crippen molar-refractivity contribution in [3.8, 4) is 16.9 Å². The molecule has 1 heterocycles. The summed E-state index contributed by atoms with van der Waals surface area (Å²) in [6.45, 7) is 2.95. The molecule has 1 saturated heterocycles. The van der Waals surface area contributed by atoms with Crippen LogP contribution in [0.2, 0.25) is 0 Å². The predicted molar refractivity (Wildman–Crippen MR) is 137 cm³/mol. The highest BCUT2D eigenvalue weighted by Crippen LogP contribution is 2.43. The van der Waals surface area contributed by atoms with Crippen molar-refractivity contribution >= 4 is 5.91 Å². The number of nitrogens with zero attached hydrogens (tertiary/aromatic N) is 1. The van der Waals surface area contributed by atoms with Crippen molar-refractivity contribution in [3.05, 3.63) is 89.5 Å². The van der Waals surface area contributed by atoms with Gasteiger partial charge in [-0.2, -0.15) is 0 Å². The fourth-order valence-electron chi connectivity index (χ4n) is 5.84. The van der Waals surface area contributed by atoms with E-state index >= 15 is 0 Å². The molecule has 0 bridgehead atoms. The van der Waals surface area contributed by atoms with Crippen LogP contribution in [0.1, 0.15) is 59.5 Å². The number of unbranched alkanes of at least 4 members (excludes halogenated alkanes) is 1. The molecule has 4 nitrogen and oxygen atoms in total. The van der Waals surface area contributed by atoms with Crippen LogP contribution < -0.4 is 5.32 Å². The lowest BCUT2D eigenvalue weighted by molar-refractivity contribution is 0.0947. The second kappa shape index (κ2) is 10.4. The molecule has 0 radical (unpaired) electrons. The minimum atomic E-state index is 0.00124. The lowest BCUT2D eigenvalue weighted by Crippen LogP contribution is -2.46. The second-order valence-electron chi connectivity index (χ2n) is 9.64. The molecule has 176 valence electrons. The molecule has 0 saturated carbocycles. The number of likely N-dealkylation sites (tertiary alicyclic amines) is 1. The summed E-state index contributed by atoms with van der Waals surface area (Å²) in [7, 11) is 0. The highest BCUT2D eigenvalue weighted by molar-refractivity contribution is 5.94. The van der Waals surface area contributed by atoms with Crippen molar-refractivity contribution in [2.75, 3.05) is 19.6 Å². The maximum absolute atomic E-state index is 12.5. The number of phenolic OH excluding ortho intramolecular Hbond substituents is 1. The number of aromatic hydroxyl groups is 1. The van der Waals surface area contributed by atoms with Crippen LogP contribution in [0.3, 0.4) is 0 Å². The van der Waals surface area contributed by atoms with Crippen LogP contribution in [0.25, 0.3) is 11.1 Å². The van der Waals surface area contributed by atoms with E-state index in [1.54, 1.807) is 0 Å². The monoisotopic (exact) mass is 454 g/mol. The van der Waals surface area contributed by atoms with Gasteiger partial charge >= 0.3 is 0 Å². The largest absolute Gasteiger partial charge is 0.508 e. The van der Waals surface area contributed by atoms with E-state index in [1.807, 2.05) is 54.6 Å². The predicted octanol–water partition coefficient (Wildman–Crippen LogP) is 5.76. The van der Waals surface area contributed by atoms with E-state index in [-0.39, 0.29) is 5.91 Å². The first kappa shape index (κ1) is 22.7. The molecule has 34 heavy (non-hydrogen) atoms. The van der Waals surface area contributed by atoms with Crippen molar-refractivity contribution < 1.29 is 9.90 Å². The van der Waals surface area contributed by atoms with Crippen molar-refractivity contribution in [1.82, 2.24) is 10.2 Å². The second-order valence-corrected chi connectivity index (χ2v) is 9.64. The van der Waals surface area contributed by atoms with Crippen LogP contribution in [-0.2, 0) is 6.42 Å². The van der Waals surface area contributed by atoms with Gasteiger partial charge in [0.2, 0.25) is 0 Å². The summed E-state index contributed by atoms with van der Waals surface area (Å²) in [6, 6.07) is 24.7. The number of hydrogen-bond acceptors (Lipinski definition) is 3. The fraction of sp³-hybridized carbons (Fsp3) is 0.367. The number of phenols is 1. The summed E-state index contributed by atoms with van der Waals surface area (Å²) in [4.78, 5) is 15.2. The molecule has 1 amide bonds. The van der Waals surface area contributed by atoms with Gasteiger partial charge in [-0.3, -0.25) is 9.69 Å². The molecule has 1 fully saturated rings. The van der Waals surface area contributed by atoms with Gasteiger partial charge in [-0.1, -0.05) is 54.6 Å². The first-order chi connectivity index (χ1) is 16.7. The van der Waals surface area contributed by atoms with E-state index < -0.39 is 0 Å². The van der Waals surface area contributed by atoms with E-state index in [0.717, 1.165) is 49.9 Å². The van der Waals surface area contributed by atoms with Crippen LogP contribution in [-0.4, -0.2) is 41.6 Å². The fourth-order valence-corrected chi connectivity index (χ4v) is 5.84. The Morgan fingerprint density at radius 3 is 2.53 bits per heavy atom. The number of piperidine rings is 1. The molecule has 2 aliphatic rings. The number of carbonyl (C=O) groups excluding carboxylic acids is 1. The summed E-state index contributed by atoms with van der Waals surface area (Å²) in [6.07, 6.45) is 6.61. The molecule has 0 unspecified atom stereocenters. The quantitative estimate of drug-likeness (QED) is 0.446. The summed E-state index contributed by atoms with van der Waals surface area (Å²) >= 11 is 0. The van der Waals surface area contributed by atoms with E-state index in [2.05, 4.69) is 28.4 Å². The standard InChI is InChI=1S/C30H34N2O2/c33-29-12-6-10-25-26-11-7-21-32(28(26)18-17-27(25)29)20-5-4-19-31-30(34)24-15-13-23(14-16-24)22-8-2-1-3-9-22/h1-3,6,8-10,12-16,26,28,33H,4-5,7,11,17-21H2,(H,31,34)/t26-,28-/m1/s1. The Morgan fingerprint density at radius 2 is 1.71 bits per heavy atom. The average Bonchev–Trinajstić information content (AvgIpc) is 2.89. The number of fused-ring (bicyclic) bond motifs is 3. The lowest BCUT2D eigenvalue weighted by Gasteiger charge is -2.45. The molecule has 2 N–H and O–H groups in total. The summed E-state index contributed by atoms with van der Waals surface area (Å²) in [5.74, 6) is 1.02. The third kappa shape index (κ3) is 4.88. The molecular weight excluding hydrogens is 420 g/mol. The molecule has 4 heteroatoms. The van der Waals surface area contributed by atoms with Gasteiger partial charge < -0.3 is 10.4 Å². The van der Waals surface area contributed by atoms with Crippen LogP contribution in [0.15, 0.2) is 72.8 Å². The molecule has 1 aliphatic carbocycles. The molecule has 3 aromatic rings. The van der Waals surface area contributed by atoms with E-state index in [4.69, 9.17) is 0 Å². The Labute approximate surface area is 202 Å². The molecular formula is C30H34N2O2. The van der Waals surface area contributed by atoms with E-state index in [0.29, 0.717) is 29.8 Å². The zero-order chi connectivity index (χ0) is 23.3. The highest BCUT2D eigenvalue weighted by Gasteiger charge is 2.36. The maximum Gasteiger partial charge on any atom is 0.251 e. The normalized spacial score (nSPS) is 19.8. The zero-order valence-electron chi connectivity index (χ0n) is 19.7. The molecule has 0 aromatic heterocycles. The van der Waals surface area contributed by atoms with Crippen LogP contribution in [0.4, 0.5) is 0 Å². The van der Waals surface area contributed by atoms with Crippen LogP contribution in [0.5, 0.6) is 5.75 Å². The first-order valence-corrected chi connectivity index (χ1v) is 12.7. The van der Waals surface area contributed by atoms with Crippen molar-refractivity contribution in [3.63, 3.8) is 0 Å². The molecule has 0 spiro atoms. The van der Waals surface area contributed by atoms with Gasteiger partial charge in [-0.05, 0) is 98.0 Å². The average molecular weight is 455 g/mol. The number of carbonyl (C=O) groups is 1. The SMILES string of the molecule is O=C(NCCCCN1CCC[C@@H]2c3cccc(O)c3CC[C@H]21)c1ccc(-c2ccccc2)cc1. The number of rotatable bonds is 7. The Bertz CT molecular complexity index is 1110. The van der Waals surface area contributed by atoms with Gasteiger partial charge in [0.15, 0.2) is 0 Å². The van der Waals surface area contributed by atoms with Gasteiger partial charge in [0, 0.05) is 18.2 Å². The van der Waals surface area contributed by atoms with Crippen LogP contribution >= 0.6 is 0 Å². The molecule has 5 rings (SSSR count). The van der Waals surface area contributed by atoms with Crippen LogP contribution in [0, 0.1) is 0 Å². The van der Waals surface area contributed by atoms with Crippen molar-refractivity contribution in [1.29, 1.82) is 0 Å². The van der Waals surface area contributed by atoms with Crippen molar-refractivity contribution in [2.45, 2.75) is 50.5 Å². The number of hydrogen-bond donors (Lipinski definition) is 2. The number of benzene rings is 3. The Hall–Kier alpha value is -3.11. The summed E-state index contributed by atoms with van der Waals surface area (Å²) in [5, 5.41) is 13.3. The van der Waals surface area contributed by atoms with Crippen molar-refractivity contribution in [2.24, 2.45) is 0 Å². The highest BCUT2D eigenvalue weighted by atomic mass is 16.3. The van der Waals surface area contributed by atoms with Gasteiger partial charge in [0.1, 0.15) is 5.75 Å². The summed E-state index contributed by atoms with van der Waals surface area (Å²) in [5.41, 5.74) is 5.53. The third-order valence-corrected chi connectivity index (χ3v) is 7.58. The minimum absolute atomic E-state index is 0.00124. The first-order valence-electron chi connectivity index (χ1n) is 12.7. The number of amides is 1. The Balaban J connectivity index is 1.08. The topological polar surface area (TPSA) is 52.6 Å². The third-order valence-electron chi connectivity index (χ3n) is 7.58. The minimum Gasteiger partial charge on any atom is -0.508 e. The van der Waals surface area contributed by atoms with Gasteiger partial charge in [0.05, 0.1) is 0 Å². The van der Waals surface area contributed by atoms with Gasteiger partial charge in [0.25, 0.3) is 5.91 Å².